The zero-order valence-electron chi connectivity index (χ0n) is 28.1. The van der Waals surface area contributed by atoms with Gasteiger partial charge in [0, 0.05) is 33.3 Å². The van der Waals surface area contributed by atoms with Gasteiger partial charge in [-0.2, -0.15) is 0 Å². The van der Waals surface area contributed by atoms with Gasteiger partial charge in [0.2, 0.25) is 0 Å². The Balaban J connectivity index is 1.05. The molecule has 0 radical (unpaired) electrons. The highest BCUT2D eigenvalue weighted by Crippen LogP contribution is 2.41. The van der Waals surface area contributed by atoms with Crippen molar-refractivity contribution in [3.05, 3.63) is 188 Å². The van der Waals surface area contributed by atoms with E-state index in [2.05, 4.69) is 136 Å². The second-order valence-corrected chi connectivity index (χ2v) is 12.9. The molecule has 0 saturated heterocycles. The van der Waals surface area contributed by atoms with Crippen LogP contribution in [0.1, 0.15) is 0 Å². The molecule has 0 bridgehead atoms. The summed E-state index contributed by atoms with van der Waals surface area (Å²) in [6.45, 7) is 0. The van der Waals surface area contributed by atoms with Gasteiger partial charge in [-0.3, -0.25) is 8.97 Å². The molecule has 0 aliphatic rings. The Morgan fingerprint density at radius 3 is 1.27 bits per heavy atom. The molecular weight excluding hydrogens is 635 g/mol. The van der Waals surface area contributed by atoms with Crippen LogP contribution in [-0.4, -0.2) is 23.9 Å². The first-order chi connectivity index (χ1) is 25.8. The third-order valence-corrected chi connectivity index (χ3v) is 9.79. The van der Waals surface area contributed by atoms with E-state index in [0.29, 0.717) is 17.5 Å². The average molecular weight is 666 g/mol. The molecule has 0 saturated carbocycles. The Morgan fingerprint density at radius 2 is 0.712 bits per heavy atom. The van der Waals surface area contributed by atoms with Crippen LogP contribution < -0.4 is 0 Å². The van der Waals surface area contributed by atoms with E-state index in [1.807, 2.05) is 60.7 Å². The van der Waals surface area contributed by atoms with Crippen molar-refractivity contribution in [1.82, 2.24) is 23.9 Å². The second kappa shape index (κ2) is 12.3. The van der Waals surface area contributed by atoms with Gasteiger partial charge in [0.05, 0.1) is 16.6 Å². The van der Waals surface area contributed by atoms with Crippen molar-refractivity contribution in [3.8, 4) is 62.1 Å². The quantitative estimate of drug-likeness (QED) is 0.178. The van der Waals surface area contributed by atoms with Crippen molar-refractivity contribution in [3.63, 3.8) is 0 Å². The number of nitrogens with zero attached hydrogens (tertiary/aromatic N) is 5. The monoisotopic (exact) mass is 665 g/mol. The van der Waals surface area contributed by atoms with Crippen molar-refractivity contribution in [2.24, 2.45) is 0 Å². The van der Waals surface area contributed by atoms with Crippen molar-refractivity contribution in [1.29, 1.82) is 0 Å². The highest BCUT2D eigenvalue weighted by atomic mass is 15.1. The molecule has 5 nitrogen and oxygen atoms in total. The Morgan fingerprint density at radius 1 is 0.308 bits per heavy atom. The lowest BCUT2D eigenvalue weighted by atomic mass is 9.98. The zero-order valence-corrected chi connectivity index (χ0v) is 28.1. The third kappa shape index (κ3) is 4.98. The molecule has 0 amide bonds. The number of aromatic nitrogens is 5. The van der Waals surface area contributed by atoms with Gasteiger partial charge in [0.25, 0.3) is 0 Å². The molecule has 5 heteroatoms. The minimum atomic E-state index is 0.646. The van der Waals surface area contributed by atoms with Crippen molar-refractivity contribution in [2.75, 3.05) is 0 Å². The summed E-state index contributed by atoms with van der Waals surface area (Å²) < 4.78 is 4.80. The van der Waals surface area contributed by atoms with Gasteiger partial charge in [0.1, 0.15) is 5.65 Å². The van der Waals surface area contributed by atoms with Gasteiger partial charge in [-0.25, -0.2) is 15.0 Å². The maximum Gasteiger partial charge on any atom is 0.164 e. The first-order valence-corrected chi connectivity index (χ1v) is 17.5. The molecule has 0 N–H and O–H groups in total. The molecule has 52 heavy (non-hydrogen) atoms. The highest BCUT2D eigenvalue weighted by molar-refractivity contribution is 6.09. The van der Waals surface area contributed by atoms with Gasteiger partial charge in [0.15, 0.2) is 17.5 Å². The summed E-state index contributed by atoms with van der Waals surface area (Å²) in [5.74, 6) is 1.96. The maximum absolute atomic E-state index is 4.91. The molecule has 3 aromatic heterocycles. The Kier molecular flexibility index (Phi) is 7.07. The van der Waals surface area contributed by atoms with Crippen molar-refractivity contribution in [2.45, 2.75) is 0 Å². The molecule has 7 aromatic carbocycles. The molecule has 0 aliphatic heterocycles. The Bertz CT molecular complexity index is 2800. The summed E-state index contributed by atoms with van der Waals surface area (Å²) in [4.78, 5) is 14.7. The fourth-order valence-corrected chi connectivity index (χ4v) is 7.34. The number of hydrogen-bond acceptors (Lipinski definition) is 3. The van der Waals surface area contributed by atoms with Crippen LogP contribution in [-0.2, 0) is 0 Å². The minimum absolute atomic E-state index is 0.646. The van der Waals surface area contributed by atoms with E-state index in [1.165, 1.54) is 33.1 Å². The zero-order chi connectivity index (χ0) is 34.4. The SMILES string of the molecule is c1ccc(-c2nc(-c3ccccc3)nc(-c3ccc(-c4ccc(-c5c6ccccc6n6c7ccccc7n(-c7ccccc7)c56)cc4)cc3)n2)cc1. The summed E-state index contributed by atoms with van der Waals surface area (Å²) >= 11 is 0. The lowest BCUT2D eigenvalue weighted by Gasteiger charge is -2.10. The fraction of sp³-hybridized carbons (Fsp3) is 0. The summed E-state index contributed by atoms with van der Waals surface area (Å²) in [7, 11) is 0. The number of rotatable bonds is 6. The molecule has 244 valence electrons. The topological polar surface area (TPSA) is 48.0 Å². The van der Waals surface area contributed by atoms with Crippen LogP contribution in [0.15, 0.2) is 188 Å². The first kappa shape index (κ1) is 29.8. The highest BCUT2D eigenvalue weighted by Gasteiger charge is 2.22. The average Bonchev–Trinajstić information content (AvgIpc) is 3.74. The van der Waals surface area contributed by atoms with Crippen LogP contribution in [0.25, 0.3) is 89.7 Å². The third-order valence-electron chi connectivity index (χ3n) is 9.79. The van der Waals surface area contributed by atoms with E-state index in [4.69, 9.17) is 15.0 Å². The van der Waals surface area contributed by atoms with Gasteiger partial charge < -0.3 is 0 Å². The first-order valence-electron chi connectivity index (χ1n) is 17.5. The van der Waals surface area contributed by atoms with Crippen LogP contribution >= 0.6 is 0 Å². The summed E-state index contributed by atoms with van der Waals surface area (Å²) in [6.07, 6.45) is 0. The molecule has 0 aliphatic carbocycles. The van der Waals surface area contributed by atoms with Crippen molar-refractivity contribution >= 4 is 27.6 Å². The predicted molar refractivity (Wildman–Crippen MR) is 212 cm³/mol. The fourth-order valence-electron chi connectivity index (χ4n) is 7.34. The van der Waals surface area contributed by atoms with Gasteiger partial charge >= 0.3 is 0 Å². The molecule has 10 rings (SSSR count). The van der Waals surface area contributed by atoms with Crippen LogP contribution in [0.5, 0.6) is 0 Å². The summed E-state index contributed by atoms with van der Waals surface area (Å²) in [6, 6.07) is 65.6. The summed E-state index contributed by atoms with van der Waals surface area (Å²) in [5, 5.41) is 1.23. The van der Waals surface area contributed by atoms with E-state index in [-0.39, 0.29) is 0 Å². The molecule has 3 heterocycles. The molecule has 0 atom stereocenters. The molecular formula is C47H31N5. The van der Waals surface area contributed by atoms with E-state index in [1.54, 1.807) is 0 Å². The van der Waals surface area contributed by atoms with E-state index in [0.717, 1.165) is 39.2 Å². The normalized spacial score (nSPS) is 11.5. The van der Waals surface area contributed by atoms with E-state index < -0.39 is 0 Å². The Labute approximate surface area is 300 Å². The van der Waals surface area contributed by atoms with Crippen molar-refractivity contribution < 1.29 is 0 Å². The number of fused-ring (bicyclic) bond motifs is 5. The summed E-state index contributed by atoms with van der Waals surface area (Å²) in [5.41, 5.74) is 13.4. The number of hydrogen-bond donors (Lipinski definition) is 0. The van der Waals surface area contributed by atoms with E-state index >= 15 is 0 Å². The van der Waals surface area contributed by atoms with Gasteiger partial charge in [-0.1, -0.05) is 158 Å². The van der Waals surface area contributed by atoms with Crippen LogP contribution in [0, 0.1) is 0 Å². The standard InChI is InChI=1S/C47H31N5/c1-4-14-35(15-5-1)44-48-45(36-16-6-2-7-17-36)50-46(49-44)37-30-26-33(27-31-37)32-24-28-34(29-25-32)43-39-20-10-11-21-40(39)52-42-23-13-12-22-41(42)51(47(43)52)38-18-8-3-9-19-38/h1-31H. The molecule has 10 aromatic rings. The van der Waals surface area contributed by atoms with Crippen LogP contribution in [0.2, 0.25) is 0 Å². The molecule has 0 spiro atoms. The van der Waals surface area contributed by atoms with Gasteiger partial charge in [-0.15, -0.1) is 0 Å². The maximum atomic E-state index is 4.91. The number of benzene rings is 7. The van der Waals surface area contributed by atoms with Gasteiger partial charge in [-0.05, 0) is 47.0 Å². The van der Waals surface area contributed by atoms with Crippen LogP contribution in [0.4, 0.5) is 0 Å². The largest absolute Gasteiger partial charge is 0.293 e. The van der Waals surface area contributed by atoms with E-state index in [9.17, 15) is 0 Å². The predicted octanol–water partition coefficient (Wildman–Crippen LogP) is 11.6. The lowest BCUT2D eigenvalue weighted by molar-refractivity contribution is 1.07. The van der Waals surface area contributed by atoms with Crippen LogP contribution in [0.3, 0.4) is 0 Å². The molecule has 0 fully saturated rings. The smallest absolute Gasteiger partial charge is 0.164 e. The number of para-hydroxylation sites is 4. The minimum Gasteiger partial charge on any atom is -0.293 e. The number of imidazole rings is 1. The molecule has 0 unspecified atom stereocenters. The second-order valence-electron chi connectivity index (χ2n) is 12.9. The lowest BCUT2D eigenvalue weighted by Crippen LogP contribution is -2.00. The Hall–Kier alpha value is -7.11.